The summed E-state index contributed by atoms with van der Waals surface area (Å²) in [6.07, 6.45) is 4.03. The molecule has 3 heterocycles. The van der Waals surface area contributed by atoms with Gasteiger partial charge >= 0.3 is 5.97 Å². The molecule has 2 aliphatic heterocycles. The van der Waals surface area contributed by atoms with Gasteiger partial charge in [0.25, 0.3) is 0 Å². The summed E-state index contributed by atoms with van der Waals surface area (Å²) in [5, 5.41) is 0. The second-order valence-electron chi connectivity index (χ2n) is 6.23. The van der Waals surface area contributed by atoms with Gasteiger partial charge in [0.2, 0.25) is 10.0 Å². The Kier molecular flexibility index (Phi) is 4.48. The van der Waals surface area contributed by atoms with Crippen molar-refractivity contribution in [1.29, 1.82) is 0 Å². The van der Waals surface area contributed by atoms with E-state index in [-0.39, 0.29) is 29.7 Å². The maximum absolute atomic E-state index is 12.6. The number of methoxy groups -OCH3 is 1. The van der Waals surface area contributed by atoms with E-state index in [4.69, 9.17) is 9.47 Å². The minimum Gasteiger partial charge on any atom is -0.468 e. The molecule has 132 valence electrons. The highest BCUT2D eigenvalue weighted by Crippen LogP contribution is 2.46. The van der Waals surface area contributed by atoms with Crippen LogP contribution >= 0.6 is 0 Å². The molecule has 0 saturated carbocycles. The first-order valence-electron chi connectivity index (χ1n) is 7.95. The molecule has 2 saturated heterocycles. The van der Waals surface area contributed by atoms with Gasteiger partial charge in [-0.2, -0.15) is 0 Å². The van der Waals surface area contributed by atoms with E-state index in [0.717, 1.165) is 12.8 Å². The Hall–Kier alpha value is -1.74. The smallest absolute Gasteiger partial charge is 0.318 e. The third-order valence-electron chi connectivity index (χ3n) is 4.72. The zero-order valence-corrected chi connectivity index (χ0v) is 14.5. The summed E-state index contributed by atoms with van der Waals surface area (Å²) in [6.45, 7) is 1.54. The first-order valence-corrected chi connectivity index (χ1v) is 9.60. The van der Waals surface area contributed by atoms with Gasteiger partial charge in [-0.05, 0) is 32.6 Å². The van der Waals surface area contributed by atoms with Crippen molar-refractivity contribution in [3.63, 3.8) is 0 Å². The van der Waals surface area contributed by atoms with Gasteiger partial charge in [-0.25, -0.2) is 18.4 Å². The monoisotopic (exact) mass is 355 g/mol. The minimum absolute atomic E-state index is 0.00593. The molecular formula is C15H21N3O5S. The number of nitrogens with one attached hydrogen (secondary N) is 1. The van der Waals surface area contributed by atoms with Crippen LogP contribution in [-0.2, 0) is 29.7 Å². The average molecular weight is 355 g/mol. The Labute approximate surface area is 141 Å². The molecule has 1 N–H and O–H groups in total. The van der Waals surface area contributed by atoms with E-state index in [1.807, 2.05) is 0 Å². The quantitative estimate of drug-likeness (QED) is 0.785. The van der Waals surface area contributed by atoms with Crippen molar-refractivity contribution in [2.75, 3.05) is 17.6 Å². The molecule has 2 atom stereocenters. The van der Waals surface area contributed by atoms with Crippen LogP contribution in [0.3, 0.4) is 0 Å². The van der Waals surface area contributed by atoms with E-state index in [9.17, 15) is 13.2 Å². The number of sulfonamides is 1. The van der Waals surface area contributed by atoms with Gasteiger partial charge in [0.05, 0.1) is 30.8 Å². The van der Waals surface area contributed by atoms with Gasteiger partial charge < -0.3 is 9.47 Å². The number of esters is 1. The number of anilines is 1. The highest BCUT2D eigenvalue weighted by Gasteiger charge is 2.52. The molecule has 0 aromatic carbocycles. The van der Waals surface area contributed by atoms with E-state index in [1.54, 1.807) is 0 Å². The number of aromatic nitrogens is 2. The molecule has 1 aromatic heterocycles. The SMILES string of the molecule is CCS(=O)(=O)Nc1cc(C2(C(=O)OC)CC3CCC(C2)O3)ncn1. The van der Waals surface area contributed by atoms with E-state index < -0.39 is 15.4 Å². The molecule has 0 amide bonds. The molecule has 2 bridgehead atoms. The largest absolute Gasteiger partial charge is 0.468 e. The highest BCUT2D eigenvalue weighted by molar-refractivity contribution is 7.92. The second-order valence-corrected chi connectivity index (χ2v) is 8.24. The summed E-state index contributed by atoms with van der Waals surface area (Å²) in [4.78, 5) is 20.8. The van der Waals surface area contributed by atoms with E-state index in [0.29, 0.717) is 18.5 Å². The number of hydrogen-bond acceptors (Lipinski definition) is 7. The van der Waals surface area contributed by atoms with Gasteiger partial charge in [0.1, 0.15) is 17.6 Å². The topological polar surface area (TPSA) is 107 Å². The third-order valence-corrected chi connectivity index (χ3v) is 6.00. The van der Waals surface area contributed by atoms with Crippen LogP contribution in [0.2, 0.25) is 0 Å². The van der Waals surface area contributed by atoms with Crippen molar-refractivity contribution >= 4 is 21.8 Å². The molecule has 0 aliphatic carbocycles. The molecule has 24 heavy (non-hydrogen) atoms. The lowest BCUT2D eigenvalue weighted by Crippen LogP contribution is -2.46. The van der Waals surface area contributed by atoms with Crippen molar-refractivity contribution in [2.24, 2.45) is 0 Å². The zero-order valence-electron chi connectivity index (χ0n) is 13.7. The van der Waals surface area contributed by atoms with Crippen LogP contribution < -0.4 is 4.72 Å². The number of rotatable bonds is 5. The molecule has 9 heteroatoms. The van der Waals surface area contributed by atoms with Crippen LogP contribution in [0.25, 0.3) is 0 Å². The molecule has 3 rings (SSSR count). The lowest BCUT2D eigenvalue weighted by molar-refractivity contribution is -0.155. The molecule has 2 fully saturated rings. The highest BCUT2D eigenvalue weighted by atomic mass is 32.2. The summed E-state index contributed by atoms with van der Waals surface area (Å²) in [7, 11) is -2.11. The van der Waals surface area contributed by atoms with Crippen LogP contribution in [-0.4, -0.2) is 49.4 Å². The van der Waals surface area contributed by atoms with Crippen LogP contribution in [0.5, 0.6) is 0 Å². The normalized spacial score (nSPS) is 29.2. The fraction of sp³-hybridized carbons (Fsp3) is 0.667. The summed E-state index contributed by atoms with van der Waals surface area (Å²) < 4.78 is 36.8. The summed E-state index contributed by atoms with van der Waals surface area (Å²) in [6, 6.07) is 1.52. The molecule has 0 spiro atoms. The Morgan fingerprint density at radius 1 is 1.38 bits per heavy atom. The average Bonchev–Trinajstić information content (AvgIpc) is 2.92. The number of hydrogen-bond donors (Lipinski definition) is 1. The van der Waals surface area contributed by atoms with Gasteiger partial charge in [0.15, 0.2) is 0 Å². The lowest BCUT2D eigenvalue weighted by Gasteiger charge is -2.37. The maximum atomic E-state index is 12.6. The first kappa shape index (κ1) is 17.1. The van der Waals surface area contributed by atoms with E-state index in [1.165, 1.54) is 26.4 Å². The molecule has 8 nitrogen and oxygen atoms in total. The second kappa shape index (κ2) is 6.29. The molecule has 1 aromatic rings. The Bertz CT molecular complexity index is 724. The summed E-state index contributed by atoms with van der Waals surface area (Å²) >= 11 is 0. The standard InChI is InChI=1S/C15H21N3O5S/c1-3-24(20,21)18-13-6-12(16-9-17-13)15(14(19)22-2)7-10-4-5-11(8-15)23-10/h6,9-11H,3-5,7-8H2,1-2H3,(H,16,17,18). The van der Waals surface area contributed by atoms with Crippen LogP contribution in [0.1, 0.15) is 38.3 Å². The van der Waals surface area contributed by atoms with Crippen molar-refractivity contribution in [3.8, 4) is 0 Å². The number of nitrogens with zero attached hydrogens (tertiary/aromatic N) is 2. The van der Waals surface area contributed by atoms with Crippen molar-refractivity contribution in [3.05, 3.63) is 18.1 Å². The molecule has 0 radical (unpaired) electrons. The number of fused-ring (bicyclic) bond motifs is 2. The van der Waals surface area contributed by atoms with Gasteiger partial charge in [-0.1, -0.05) is 0 Å². The molecule has 2 unspecified atom stereocenters. The predicted molar refractivity (Wildman–Crippen MR) is 85.9 cm³/mol. The molecular weight excluding hydrogens is 334 g/mol. The Morgan fingerprint density at radius 2 is 2.04 bits per heavy atom. The van der Waals surface area contributed by atoms with Crippen LogP contribution in [0.4, 0.5) is 5.82 Å². The number of carbonyl (C=O) groups excluding carboxylic acids is 1. The summed E-state index contributed by atoms with van der Waals surface area (Å²) in [5.74, 6) is -0.276. The zero-order chi connectivity index (χ0) is 17.4. The van der Waals surface area contributed by atoms with Gasteiger partial charge in [-0.3, -0.25) is 9.52 Å². The van der Waals surface area contributed by atoms with Gasteiger partial charge in [-0.15, -0.1) is 0 Å². The fourth-order valence-corrected chi connectivity index (χ4v) is 4.10. The van der Waals surface area contributed by atoms with Crippen molar-refractivity contribution in [2.45, 2.75) is 50.2 Å². The van der Waals surface area contributed by atoms with Crippen molar-refractivity contribution in [1.82, 2.24) is 9.97 Å². The number of carbonyl (C=O) groups is 1. The van der Waals surface area contributed by atoms with Crippen LogP contribution in [0, 0.1) is 0 Å². The van der Waals surface area contributed by atoms with Gasteiger partial charge in [0, 0.05) is 6.07 Å². The van der Waals surface area contributed by atoms with Crippen molar-refractivity contribution < 1.29 is 22.7 Å². The third kappa shape index (κ3) is 3.10. The Balaban J connectivity index is 1.98. The van der Waals surface area contributed by atoms with E-state index >= 15 is 0 Å². The number of ether oxygens (including phenoxy) is 2. The fourth-order valence-electron chi connectivity index (χ4n) is 3.52. The maximum Gasteiger partial charge on any atom is 0.318 e. The first-order chi connectivity index (χ1) is 11.4. The van der Waals surface area contributed by atoms with E-state index in [2.05, 4.69) is 14.7 Å². The minimum atomic E-state index is -3.46. The molecule has 2 aliphatic rings. The lowest BCUT2D eigenvalue weighted by atomic mass is 9.74. The summed E-state index contributed by atoms with van der Waals surface area (Å²) in [5.41, 5.74) is -0.452. The predicted octanol–water partition coefficient (Wildman–Crippen LogP) is 0.990. The Morgan fingerprint density at radius 3 is 2.62 bits per heavy atom. The van der Waals surface area contributed by atoms with Crippen LogP contribution in [0.15, 0.2) is 12.4 Å².